The van der Waals surface area contributed by atoms with Crippen LogP contribution < -0.4 is 10.6 Å². The Kier molecular flexibility index (Phi) is 3.89. The molecule has 0 saturated carbocycles. The molecule has 0 unspecified atom stereocenters. The van der Waals surface area contributed by atoms with Gasteiger partial charge in [-0.15, -0.1) is 0 Å². The van der Waals surface area contributed by atoms with Gasteiger partial charge in [-0.2, -0.15) is 0 Å². The standard InChI is InChI=1S/C12H16BrN3O/c1-9-3-2-4-10(11(9)13)14-5-7-16-8-6-15-12(16)17/h2-4,14H,5-8H2,1H3,(H,15,17). The van der Waals surface area contributed by atoms with Gasteiger partial charge in [-0.25, -0.2) is 4.79 Å². The maximum atomic E-state index is 11.3. The van der Waals surface area contributed by atoms with E-state index in [9.17, 15) is 4.79 Å². The van der Waals surface area contributed by atoms with E-state index in [0.717, 1.165) is 36.3 Å². The zero-order chi connectivity index (χ0) is 12.3. The van der Waals surface area contributed by atoms with Gasteiger partial charge in [0.25, 0.3) is 0 Å². The molecule has 1 heterocycles. The van der Waals surface area contributed by atoms with Crippen LogP contribution in [0.1, 0.15) is 5.56 Å². The summed E-state index contributed by atoms with van der Waals surface area (Å²) in [4.78, 5) is 13.1. The highest BCUT2D eigenvalue weighted by molar-refractivity contribution is 9.10. The van der Waals surface area contributed by atoms with Crippen LogP contribution in [0.2, 0.25) is 0 Å². The first-order chi connectivity index (χ1) is 8.18. The molecule has 2 amide bonds. The zero-order valence-corrected chi connectivity index (χ0v) is 11.4. The molecule has 4 nitrogen and oxygen atoms in total. The molecular weight excluding hydrogens is 282 g/mol. The summed E-state index contributed by atoms with van der Waals surface area (Å²) >= 11 is 3.55. The molecule has 0 aromatic heterocycles. The van der Waals surface area contributed by atoms with Crippen LogP contribution in [0.5, 0.6) is 0 Å². The largest absolute Gasteiger partial charge is 0.382 e. The molecule has 2 rings (SSSR count). The second-order valence-electron chi connectivity index (χ2n) is 4.08. The van der Waals surface area contributed by atoms with Crippen molar-refractivity contribution in [1.29, 1.82) is 0 Å². The molecule has 17 heavy (non-hydrogen) atoms. The van der Waals surface area contributed by atoms with Crippen molar-refractivity contribution in [2.45, 2.75) is 6.92 Å². The van der Waals surface area contributed by atoms with Crippen molar-refractivity contribution in [3.8, 4) is 0 Å². The monoisotopic (exact) mass is 297 g/mol. The zero-order valence-electron chi connectivity index (χ0n) is 9.79. The number of anilines is 1. The van der Waals surface area contributed by atoms with Crippen molar-refractivity contribution >= 4 is 27.6 Å². The number of nitrogens with zero attached hydrogens (tertiary/aromatic N) is 1. The molecule has 5 heteroatoms. The van der Waals surface area contributed by atoms with Crippen molar-refractivity contribution in [2.75, 3.05) is 31.5 Å². The molecule has 1 aliphatic heterocycles. The third kappa shape index (κ3) is 2.91. The Morgan fingerprint density at radius 2 is 2.35 bits per heavy atom. The predicted octanol–water partition coefficient (Wildman–Crippen LogP) is 2.19. The van der Waals surface area contributed by atoms with Gasteiger partial charge in [-0.1, -0.05) is 12.1 Å². The Balaban J connectivity index is 1.86. The van der Waals surface area contributed by atoms with Gasteiger partial charge in [0.05, 0.1) is 0 Å². The minimum absolute atomic E-state index is 0.0371. The number of aryl methyl sites for hydroxylation is 1. The molecule has 92 valence electrons. The van der Waals surface area contributed by atoms with Crippen molar-refractivity contribution in [3.63, 3.8) is 0 Å². The average molecular weight is 298 g/mol. The average Bonchev–Trinajstić information content (AvgIpc) is 2.71. The number of hydrogen-bond acceptors (Lipinski definition) is 2. The fourth-order valence-electron chi connectivity index (χ4n) is 1.83. The van der Waals surface area contributed by atoms with Crippen molar-refractivity contribution in [2.24, 2.45) is 0 Å². The van der Waals surface area contributed by atoms with E-state index in [1.54, 1.807) is 0 Å². The molecule has 2 N–H and O–H groups in total. The van der Waals surface area contributed by atoms with Gasteiger partial charge in [-0.05, 0) is 34.5 Å². The fourth-order valence-corrected chi connectivity index (χ4v) is 2.24. The molecule has 0 atom stereocenters. The maximum Gasteiger partial charge on any atom is 0.317 e. The van der Waals surface area contributed by atoms with Crippen LogP contribution in [0.25, 0.3) is 0 Å². The van der Waals surface area contributed by atoms with Gasteiger partial charge in [0.1, 0.15) is 0 Å². The summed E-state index contributed by atoms with van der Waals surface area (Å²) in [6.45, 7) is 5.10. The van der Waals surface area contributed by atoms with Gasteiger partial charge in [-0.3, -0.25) is 0 Å². The summed E-state index contributed by atoms with van der Waals surface area (Å²) in [5.41, 5.74) is 2.28. The fraction of sp³-hybridized carbons (Fsp3) is 0.417. The second-order valence-corrected chi connectivity index (χ2v) is 4.88. The molecule has 1 aliphatic rings. The van der Waals surface area contributed by atoms with Gasteiger partial charge in [0.2, 0.25) is 0 Å². The van der Waals surface area contributed by atoms with E-state index in [2.05, 4.69) is 39.6 Å². The minimum atomic E-state index is 0.0371. The minimum Gasteiger partial charge on any atom is -0.382 e. The normalized spacial score (nSPS) is 14.9. The number of carbonyl (C=O) groups excluding carboxylic acids is 1. The highest BCUT2D eigenvalue weighted by Gasteiger charge is 2.18. The summed E-state index contributed by atoms with van der Waals surface area (Å²) in [5, 5.41) is 6.12. The van der Waals surface area contributed by atoms with Crippen LogP contribution in [-0.2, 0) is 0 Å². The molecule has 1 aromatic rings. The van der Waals surface area contributed by atoms with E-state index in [-0.39, 0.29) is 6.03 Å². The third-order valence-corrected chi connectivity index (χ3v) is 3.89. The number of amides is 2. The van der Waals surface area contributed by atoms with Crippen LogP contribution in [0.4, 0.5) is 10.5 Å². The van der Waals surface area contributed by atoms with Crippen molar-refractivity contribution < 1.29 is 4.79 Å². The summed E-state index contributed by atoms with van der Waals surface area (Å²) in [6.07, 6.45) is 0. The summed E-state index contributed by atoms with van der Waals surface area (Å²) < 4.78 is 1.09. The van der Waals surface area contributed by atoms with Gasteiger partial charge in [0, 0.05) is 36.3 Å². The van der Waals surface area contributed by atoms with Crippen LogP contribution in [-0.4, -0.2) is 37.1 Å². The first-order valence-electron chi connectivity index (χ1n) is 5.70. The molecule has 0 aliphatic carbocycles. The molecule has 0 spiro atoms. The number of urea groups is 1. The summed E-state index contributed by atoms with van der Waals surface area (Å²) in [7, 11) is 0. The van der Waals surface area contributed by atoms with Gasteiger partial charge >= 0.3 is 6.03 Å². The number of hydrogen-bond donors (Lipinski definition) is 2. The lowest BCUT2D eigenvalue weighted by Crippen LogP contribution is -2.32. The van der Waals surface area contributed by atoms with E-state index in [4.69, 9.17) is 0 Å². The molecule has 0 radical (unpaired) electrons. The summed E-state index contributed by atoms with van der Waals surface area (Å²) in [6, 6.07) is 6.14. The SMILES string of the molecule is Cc1cccc(NCCN2CCNC2=O)c1Br. The van der Waals surface area contributed by atoms with Crippen molar-refractivity contribution in [3.05, 3.63) is 28.2 Å². The number of rotatable bonds is 4. The van der Waals surface area contributed by atoms with E-state index in [0.29, 0.717) is 0 Å². The second kappa shape index (κ2) is 5.40. The number of carbonyl (C=O) groups is 1. The molecule has 1 fully saturated rings. The highest BCUT2D eigenvalue weighted by Crippen LogP contribution is 2.25. The molecule has 1 aromatic carbocycles. The Morgan fingerprint density at radius 1 is 1.53 bits per heavy atom. The first-order valence-corrected chi connectivity index (χ1v) is 6.49. The lowest BCUT2D eigenvalue weighted by atomic mass is 10.2. The lowest BCUT2D eigenvalue weighted by Gasteiger charge is -2.16. The van der Waals surface area contributed by atoms with E-state index >= 15 is 0 Å². The summed E-state index contributed by atoms with van der Waals surface area (Å²) in [5.74, 6) is 0. The maximum absolute atomic E-state index is 11.3. The van der Waals surface area contributed by atoms with Crippen LogP contribution in [0, 0.1) is 6.92 Å². The highest BCUT2D eigenvalue weighted by atomic mass is 79.9. The number of nitrogens with one attached hydrogen (secondary N) is 2. The molecule has 1 saturated heterocycles. The Hall–Kier alpha value is -1.23. The van der Waals surface area contributed by atoms with Crippen LogP contribution in [0.15, 0.2) is 22.7 Å². The Labute approximate surface area is 110 Å². The Bertz CT molecular complexity index is 422. The van der Waals surface area contributed by atoms with Crippen molar-refractivity contribution in [1.82, 2.24) is 10.2 Å². The third-order valence-electron chi connectivity index (χ3n) is 2.83. The van der Waals surface area contributed by atoms with Crippen LogP contribution >= 0.6 is 15.9 Å². The van der Waals surface area contributed by atoms with E-state index in [1.165, 1.54) is 5.56 Å². The first kappa shape index (κ1) is 12.2. The topological polar surface area (TPSA) is 44.4 Å². The van der Waals surface area contributed by atoms with Gasteiger partial charge < -0.3 is 15.5 Å². The number of benzene rings is 1. The molecule has 0 bridgehead atoms. The molecular formula is C12H16BrN3O. The Morgan fingerprint density at radius 3 is 3.06 bits per heavy atom. The number of halogens is 1. The smallest absolute Gasteiger partial charge is 0.317 e. The lowest BCUT2D eigenvalue weighted by molar-refractivity contribution is 0.219. The van der Waals surface area contributed by atoms with Gasteiger partial charge in [0.15, 0.2) is 0 Å². The van der Waals surface area contributed by atoms with Crippen LogP contribution in [0.3, 0.4) is 0 Å². The van der Waals surface area contributed by atoms with E-state index < -0.39 is 0 Å². The quantitative estimate of drug-likeness (QED) is 0.895. The van der Waals surface area contributed by atoms with E-state index in [1.807, 2.05) is 17.0 Å². The predicted molar refractivity (Wildman–Crippen MR) is 72.3 cm³/mol.